The van der Waals surface area contributed by atoms with Crippen LogP contribution >= 0.6 is 0 Å². The van der Waals surface area contributed by atoms with E-state index < -0.39 is 0 Å². The molecule has 26 heavy (non-hydrogen) atoms. The van der Waals surface area contributed by atoms with Gasteiger partial charge in [0.1, 0.15) is 0 Å². The number of anilines is 1. The maximum Gasteiger partial charge on any atom is 0.189 e. The van der Waals surface area contributed by atoms with Crippen LogP contribution in [0.3, 0.4) is 0 Å². The number of benzene rings is 2. The van der Waals surface area contributed by atoms with Gasteiger partial charge in [0.2, 0.25) is 0 Å². The number of methoxy groups -OCH3 is 1. The number of aliphatic imine (C=N–C) groups is 1. The van der Waals surface area contributed by atoms with Crippen LogP contribution in [0.2, 0.25) is 0 Å². The number of fused-ring (bicyclic) bond motifs is 1. The quantitative estimate of drug-likeness (QED) is 0.594. The first kappa shape index (κ1) is 18.3. The van der Waals surface area contributed by atoms with Crippen molar-refractivity contribution in [3.63, 3.8) is 0 Å². The van der Waals surface area contributed by atoms with Crippen LogP contribution in [0.15, 0.2) is 53.5 Å². The summed E-state index contributed by atoms with van der Waals surface area (Å²) in [6, 6.07) is 17.5. The third-order valence-corrected chi connectivity index (χ3v) is 4.62. The second-order valence-corrected chi connectivity index (χ2v) is 6.82. The van der Waals surface area contributed by atoms with E-state index in [1.807, 2.05) is 6.92 Å². The number of hydrogen-bond donors (Lipinski definition) is 2. The van der Waals surface area contributed by atoms with Crippen LogP contribution in [0.25, 0.3) is 0 Å². The average molecular weight is 352 g/mol. The van der Waals surface area contributed by atoms with Gasteiger partial charge in [-0.15, -0.1) is 0 Å². The minimum Gasteiger partial charge on any atom is -0.383 e. The predicted molar refractivity (Wildman–Crippen MR) is 107 cm³/mol. The van der Waals surface area contributed by atoms with Gasteiger partial charge in [-0.2, -0.15) is 0 Å². The third-order valence-electron chi connectivity index (χ3n) is 4.62. The van der Waals surface area contributed by atoms with Crippen molar-refractivity contribution in [1.82, 2.24) is 5.32 Å². The van der Waals surface area contributed by atoms with E-state index in [1.165, 1.54) is 16.8 Å². The molecule has 1 atom stereocenters. The lowest BCUT2D eigenvalue weighted by Crippen LogP contribution is -2.40. The molecular formula is C21H28N4O. The summed E-state index contributed by atoms with van der Waals surface area (Å²) < 4.78 is 5.08. The Balaban J connectivity index is 1.54. The number of rotatable bonds is 7. The van der Waals surface area contributed by atoms with Crippen molar-refractivity contribution in [1.29, 1.82) is 0 Å². The van der Waals surface area contributed by atoms with Gasteiger partial charge in [-0.3, -0.25) is 0 Å². The monoisotopic (exact) mass is 352 g/mol. The Morgan fingerprint density at radius 1 is 1.19 bits per heavy atom. The Labute approximate surface area is 155 Å². The second-order valence-electron chi connectivity index (χ2n) is 6.82. The highest BCUT2D eigenvalue weighted by molar-refractivity contribution is 5.78. The first-order valence-electron chi connectivity index (χ1n) is 9.12. The van der Waals surface area contributed by atoms with Gasteiger partial charge in [-0.05, 0) is 36.1 Å². The lowest BCUT2D eigenvalue weighted by Gasteiger charge is -2.19. The van der Waals surface area contributed by atoms with E-state index in [0.29, 0.717) is 19.1 Å². The molecule has 2 aromatic carbocycles. The molecule has 0 spiro atoms. The lowest BCUT2D eigenvalue weighted by molar-refractivity contribution is 0.179. The van der Waals surface area contributed by atoms with E-state index in [2.05, 4.69) is 63.7 Å². The minimum absolute atomic E-state index is 0.148. The smallest absolute Gasteiger partial charge is 0.189 e. The third kappa shape index (κ3) is 4.76. The van der Waals surface area contributed by atoms with Gasteiger partial charge in [-0.1, -0.05) is 42.5 Å². The zero-order chi connectivity index (χ0) is 18.4. The maximum absolute atomic E-state index is 5.91. The number of hydrogen-bond acceptors (Lipinski definition) is 3. The summed E-state index contributed by atoms with van der Waals surface area (Å²) in [5.41, 5.74) is 11.2. The van der Waals surface area contributed by atoms with Crippen molar-refractivity contribution in [3.05, 3.63) is 65.2 Å². The van der Waals surface area contributed by atoms with Crippen molar-refractivity contribution in [3.8, 4) is 0 Å². The lowest BCUT2D eigenvalue weighted by atomic mass is 10.1. The Morgan fingerprint density at radius 3 is 2.69 bits per heavy atom. The minimum atomic E-state index is 0.148. The number of nitrogens with one attached hydrogen (secondary N) is 1. The fraction of sp³-hybridized carbons (Fsp3) is 0.381. The number of nitrogens with two attached hydrogens (primary N) is 1. The normalized spacial score (nSPS) is 15.0. The highest BCUT2D eigenvalue weighted by Gasteiger charge is 2.17. The molecule has 3 N–H and O–H groups in total. The molecular weight excluding hydrogens is 324 g/mol. The summed E-state index contributed by atoms with van der Waals surface area (Å²) in [4.78, 5) is 6.84. The molecule has 0 radical (unpaired) electrons. The molecule has 0 amide bonds. The van der Waals surface area contributed by atoms with Crippen molar-refractivity contribution in [2.45, 2.75) is 32.5 Å². The van der Waals surface area contributed by atoms with E-state index in [9.17, 15) is 0 Å². The zero-order valence-electron chi connectivity index (χ0n) is 15.6. The van der Waals surface area contributed by atoms with Gasteiger partial charge in [0, 0.05) is 31.9 Å². The van der Waals surface area contributed by atoms with E-state index in [0.717, 1.165) is 25.1 Å². The van der Waals surface area contributed by atoms with E-state index in [-0.39, 0.29) is 6.04 Å². The molecule has 1 aliphatic heterocycles. The first-order valence-corrected chi connectivity index (χ1v) is 9.12. The van der Waals surface area contributed by atoms with Crippen LogP contribution in [-0.4, -0.2) is 32.3 Å². The molecule has 0 fully saturated rings. The summed E-state index contributed by atoms with van der Waals surface area (Å²) in [6.45, 7) is 5.22. The largest absolute Gasteiger partial charge is 0.383 e. The summed E-state index contributed by atoms with van der Waals surface area (Å²) in [7, 11) is 1.67. The molecule has 0 bridgehead atoms. The van der Waals surface area contributed by atoms with E-state index in [4.69, 9.17) is 10.5 Å². The van der Waals surface area contributed by atoms with Crippen molar-refractivity contribution in [2.75, 3.05) is 25.2 Å². The van der Waals surface area contributed by atoms with Gasteiger partial charge in [0.15, 0.2) is 5.96 Å². The molecule has 0 aromatic heterocycles. The van der Waals surface area contributed by atoms with Gasteiger partial charge in [0.25, 0.3) is 0 Å². The molecule has 3 rings (SSSR count). The fourth-order valence-corrected chi connectivity index (χ4v) is 3.31. The Morgan fingerprint density at radius 2 is 1.92 bits per heavy atom. The summed E-state index contributed by atoms with van der Waals surface area (Å²) in [6.07, 6.45) is 1.14. The Hall–Kier alpha value is -2.53. The average Bonchev–Trinajstić information content (AvgIpc) is 3.04. The van der Waals surface area contributed by atoms with Crippen molar-refractivity contribution in [2.24, 2.45) is 10.7 Å². The molecule has 138 valence electrons. The van der Waals surface area contributed by atoms with Gasteiger partial charge < -0.3 is 20.7 Å². The van der Waals surface area contributed by atoms with Gasteiger partial charge in [-0.25, -0.2) is 4.99 Å². The molecule has 0 saturated heterocycles. The fourth-order valence-electron chi connectivity index (χ4n) is 3.31. The van der Waals surface area contributed by atoms with Crippen LogP contribution in [0.5, 0.6) is 0 Å². The number of ether oxygens (including phenoxy) is 1. The topological polar surface area (TPSA) is 62.9 Å². The Kier molecular flexibility index (Phi) is 6.12. The number of guanidine groups is 1. The molecule has 5 nitrogen and oxygen atoms in total. The van der Waals surface area contributed by atoms with Gasteiger partial charge in [0.05, 0.1) is 13.2 Å². The highest BCUT2D eigenvalue weighted by atomic mass is 16.5. The molecule has 2 aromatic rings. The SMILES string of the molecule is COCC(C)NC(N)=NCc1ccc(CN2CCc3ccccc32)cc1. The summed E-state index contributed by atoms with van der Waals surface area (Å²) in [5.74, 6) is 0.451. The maximum atomic E-state index is 5.91. The van der Waals surface area contributed by atoms with E-state index in [1.54, 1.807) is 7.11 Å². The number of para-hydroxylation sites is 1. The molecule has 5 heteroatoms. The molecule has 1 heterocycles. The van der Waals surface area contributed by atoms with Crippen LogP contribution < -0.4 is 16.0 Å². The number of nitrogens with zero attached hydrogens (tertiary/aromatic N) is 2. The van der Waals surface area contributed by atoms with E-state index >= 15 is 0 Å². The molecule has 0 aliphatic carbocycles. The van der Waals surface area contributed by atoms with Crippen LogP contribution in [0, 0.1) is 0 Å². The molecule has 1 unspecified atom stereocenters. The second kappa shape index (κ2) is 8.72. The summed E-state index contributed by atoms with van der Waals surface area (Å²) >= 11 is 0. The van der Waals surface area contributed by atoms with Crippen molar-refractivity contribution < 1.29 is 4.74 Å². The van der Waals surface area contributed by atoms with Crippen LogP contribution in [0.4, 0.5) is 5.69 Å². The van der Waals surface area contributed by atoms with Gasteiger partial charge >= 0.3 is 0 Å². The molecule has 0 saturated carbocycles. The zero-order valence-corrected chi connectivity index (χ0v) is 15.6. The Bertz CT molecular complexity index is 742. The first-order chi connectivity index (χ1) is 12.7. The van der Waals surface area contributed by atoms with Crippen LogP contribution in [-0.2, 0) is 24.2 Å². The highest BCUT2D eigenvalue weighted by Crippen LogP contribution is 2.28. The van der Waals surface area contributed by atoms with Crippen LogP contribution in [0.1, 0.15) is 23.6 Å². The van der Waals surface area contributed by atoms with Crippen molar-refractivity contribution >= 4 is 11.6 Å². The molecule has 1 aliphatic rings. The standard InChI is InChI=1S/C21H28N4O/c1-16(15-26-2)24-21(22)23-13-17-7-9-18(10-8-17)14-25-12-11-19-5-3-4-6-20(19)25/h3-10,16H,11-15H2,1-2H3,(H3,22,23,24). The summed E-state index contributed by atoms with van der Waals surface area (Å²) in [5, 5.41) is 3.12. The predicted octanol–water partition coefficient (Wildman–Crippen LogP) is 2.69.